The maximum Gasteiger partial charge on any atom is 0.0206 e. The monoisotopic (exact) mass is 296 g/mol. The first-order valence-corrected chi connectivity index (χ1v) is 8.00. The van der Waals surface area contributed by atoms with Crippen LogP contribution in [-0.4, -0.2) is 32.1 Å². The van der Waals surface area contributed by atoms with Crippen molar-refractivity contribution in [2.75, 3.05) is 27.2 Å². The molecule has 2 aromatic rings. The molecule has 0 unspecified atom stereocenters. The van der Waals surface area contributed by atoms with Gasteiger partial charge in [-0.05, 0) is 30.8 Å². The highest BCUT2D eigenvalue weighted by atomic mass is 15.1. The van der Waals surface area contributed by atoms with Crippen molar-refractivity contribution in [2.24, 2.45) is 0 Å². The Kier molecular flexibility index (Phi) is 5.76. The molecule has 2 heteroatoms. The number of likely N-dealkylation sites (N-methyl/N-ethyl adjacent to an activating group) is 1. The van der Waals surface area contributed by atoms with Gasteiger partial charge in [0, 0.05) is 25.0 Å². The molecular formula is C20H28N2. The van der Waals surface area contributed by atoms with Crippen LogP contribution in [0.5, 0.6) is 0 Å². The Labute approximate surface area is 135 Å². The van der Waals surface area contributed by atoms with Crippen molar-refractivity contribution in [3.05, 3.63) is 71.3 Å². The predicted molar refractivity (Wildman–Crippen MR) is 95.3 cm³/mol. The van der Waals surface area contributed by atoms with Gasteiger partial charge in [-0.15, -0.1) is 0 Å². The highest BCUT2D eigenvalue weighted by Crippen LogP contribution is 2.31. The van der Waals surface area contributed by atoms with E-state index in [4.69, 9.17) is 0 Å². The Morgan fingerprint density at radius 3 is 2.05 bits per heavy atom. The molecule has 2 aromatic carbocycles. The van der Waals surface area contributed by atoms with E-state index in [1.165, 1.54) is 16.7 Å². The lowest BCUT2D eigenvalue weighted by atomic mass is 9.78. The van der Waals surface area contributed by atoms with Crippen molar-refractivity contribution < 1.29 is 0 Å². The molecule has 0 aliphatic carbocycles. The van der Waals surface area contributed by atoms with Crippen LogP contribution < -0.4 is 5.32 Å². The van der Waals surface area contributed by atoms with E-state index in [1.54, 1.807) is 0 Å². The molecule has 0 saturated carbocycles. The summed E-state index contributed by atoms with van der Waals surface area (Å²) in [5.74, 6) is 0. The Hall–Kier alpha value is -1.64. The minimum atomic E-state index is 0.0398. The lowest BCUT2D eigenvalue weighted by Crippen LogP contribution is -2.26. The summed E-state index contributed by atoms with van der Waals surface area (Å²) in [4.78, 5) is 2.19. The van der Waals surface area contributed by atoms with Gasteiger partial charge in [0.15, 0.2) is 0 Å². The Balaban J connectivity index is 1.99. The molecule has 0 heterocycles. The molecule has 0 radical (unpaired) electrons. The molecular weight excluding hydrogens is 268 g/mol. The van der Waals surface area contributed by atoms with Gasteiger partial charge in [0.25, 0.3) is 0 Å². The molecule has 0 atom stereocenters. The molecule has 0 spiro atoms. The first-order chi connectivity index (χ1) is 10.5. The van der Waals surface area contributed by atoms with Gasteiger partial charge in [-0.3, -0.25) is 0 Å². The SMILES string of the molecule is CN(C)CCNCc1ccc(C(C)(C)c2ccccc2)cc1. The maximum atomic E-state index is 3.48. The van der Waals surface area contributed by atoms with Crippen LogP contribution in [0.4, 0.5) is 0 Å². The van der Waals surface area contributed by atoms with Crippen LogP contribution in [0.2, 0.25) is 0 Å². The van der Waals surface area contributed by atoms with Crippen molar-refractivity contribution in [3.8, 4) is 0 Å². The molecule has 22 heavy (non-hydrogen) atoms. The second-order valence-corrected chi connectivity index (χ2v) is 6.67. The Bertz CT molecular complexity index is 556. The average molecular weight is 296 g/mol. The Morgan fingerprint density at radius 2 is 1.45 bits per heavy atom. The lowest BCUT2D eigenvalue weighted by Gasteiger charge is -2.26. The number of rotatable bonds is 7. The van der Waals surface area contributed by atoms with Gasteiger partial charge < -0.3 is 10.2 Å². The van der Waals surface area contributed by atoms with E-state index in [0.717, 1.165) is 19.6 Å². The molecule has 2 rings (SSSR count). The average Bonchev–Trinajstić information content (AvgIpc) is 2.53. The van der Waals surface area contributed by atoms with E-state index in [2.05, 4.69) is 92.8 Å². The number of nitrogens with one attached hydrogen (secondary N) is 1. The van der Waals surface area contributed by atoms with Crippen molar-refractivity contribution in [1.82, 2.24) is 10.2 Å². The highest BCUT2D eigenvalue weighted by Gasteiger charge is 2.22. The van der Waals surface area contributed by atoms with Gasteiger partial charge in [0.1, 0.15) is 0 Å². The Morgan fingerprint density at radius 1 is 0.864 bits per heavy atom. The van der Waals surface area contributed by atoms with Crippen LogP contribution in [0, 0.1) is 0 Å². The van der Waals surface area contributed by atoms with Gasteiger partial charge >= 0.3 is 0 Å². The third-order valence-electron chi connectivity index (χ3n) is 4.24. The molecule has 1 N–H and O–H groups in total. The van der Waals surface area contributed by atoms with Crippen molar-refractivity contribution in [1.29, 1.82) is 0 Å². The third-order valence-corrected chi connectivity index (χ3v) is 4.24. The molecule has 0 aromatic heterocycles. The number of hydrogen-bond donors (Lipinski definition) is 1. The van der Waals surface area contributed by atoms with Crippen LogP contribution >= 0.6 is 0 Å². The summed E-state index contributed by atoms with van der Waals surface area (Å²) < 4.78 is 0. The molecule has 0 aliphatic rings. The quantitative estimate of drug-likeness (QED) is 0.784. The predicted octanol–water partition coefficient (Wildman–Crippen LogP) is 3.66. The zero-order chi connectivity index (χ0) is 16.0. The normalized spacial score (nSPS) is 11.9. The summed E-state index contributed by atoms with van der Waals surface area (Å²) in [5.41, 5.74) is 4.09. The summed E-state index contributed by atoms with van der Waals surface area (Å²) in [6.45, 7) is 7.59. The fraction of sp³-hybridized carbons (Fsp3) is 0.400. The molecule has 0 fully saturated rings. The second-order valence-electron chi connectivity index (χ2n) is 6.67. The van der Waals surface area contributed by atoms with Gasteiger partial charge in [-0.1, -0.05) is 68.4 Å². The summed E-state index contributed by atoms with van der Waals surface area (Å²) in [6, 6.07) is 19.7. The van der Waals surface area contributed by atoms with E-state index in [9.17, 15) is 0 Å². The van der Waals surface area contributed by atoms with Gasteiger partial charge in [0.05, 0.1) is 0 Å². The maximum absolute atomic E-state index is 3.48. The summed E-state index contributed by atoms with van der Waals surface area (Å²) in [7, 11) is 4.20. The molecule has 0 saturated heterocycles. The lowest BCUT2D eigenvalue weighted by molar-refractivity contribution is 0.400. The van der Waals surface area contributed by atoms with Crippen LogP contribution in [0.3, 0.4) is 0 Å². The zero-order valence-corrected chi connectivity index (χ0v) is 14.3. The fourth-order valence-electron chi connectivity index (χ4n) is 2.60. The van der Waals surface area contributed by atoms with E-state index in [0.29, 0.717) is 0 Å². The van der Waals surface area contributed by atoms with Gasteiger partial charge in [-0.25, -0.2) is 0 Å². The van der Waals surface area contributed by atoms with E-state index in [1.807, 2.05) is 0 Å². The van der Waals surface area contributed by atoms with Crippen LogP contribution in [0.25, 0.3) is 0 Å². The van der Waals surface area contributed by atoms with Crippen molar-refractivity contribution in [2.45, 2.75) is 25.8 Å². The van der Waals surface area contributed by atoms with Crippen molar-refractivity contribution >= 4 is 0 Å². The number of benzene rings is 2. The molecule has 0 aliphatic heterocycles. The summed E-state index contributed by atoms with van der Waals surface area (Å²) in [5, 5.41) is 3.48. The van der Waals surface area contributed by atoms with Gasteiger partial charge in [0.2, 0.25) is 0 Å². The van der Waals surface area contributed by atoms with Crippen molar-refractivity contribution in [3.63, 3.8) is 0 Å². The smallest absolute Gasteiger partial charge is 0.0206 e. The van der Waals surface area contributed by atoms with E-state index < -0.39 is 0 Å². The fourth-order valence-corrected chi connectivity index (χ4v) is 2.60. The van der Waals surface area contributed by atoms with Crippen LogP contribution in [0.1, 0.15) is 30.5 Å². The molecule has 118 valence electrons. The first kappa shape index (κ1) is 16.7. The first-order valence-electron chi connectivity index (χ1n) is 8.00. The highest BCUT2D eigenvalue weighted by molar-refractivity contribution is 5.38. The number of hydrogen-bond acceptors (Lipinski definition) is 2. The van der Waals surface area contributed by atoms with E-state index >= 15 is 0 Å². The second kappa shape index (κ2) is 7.57. The van der Waals surface area contributed by atoms with Crippen LogP contribution in [-0.2, 0) is 12.0 Å². The van der Waals surface area contributed by atoms with E-state index in [-0.39, 0.29) is 5.41 Å². The summed E-state index contributed by atoms with van der Waals surface area (Å²) >= 11 is 0. The minimum absolute atomic E-state index is 0.0398. The third kappa shape index (κ3) is 4.43. The molecule has 0 bridgehead atoms. The largest absolute Gasteiger partial charge is 0.311 e. The molecule has 2 nitrogen and oxygen atoms in total. The standard InChI is InChI=1S/C20H28N2/c1-20(2,18-8-6-5-7-9-18)19-12-10-17(11-13-19)16-21-14-15-22(3)4/h5-13,21H,14-16H2,1-4H3. The minimum Gasteiger partial charge on any atom is -0.311 e. The van der Waals surface area contributed by atoms with Crippen LogP contribution in [0.15, 0.2) is 54.6 Å². The topological polar surface area (TPSA) is 15.3 Å². The zero-order valence-electron chi connectivity index (χ0n) is 14.3. The molecule has 0 amide bonds. The number of nitrogens with zero attached hydrogens (tertiary/aromatic N) is 1. The summed E-state index contributed by atoms with van der Waals surface area (Å²) in [6.07, 6.45) is 0. The van der Waals surface area contributed by atoms with Gasteiger partial charge in [-0.2, -0.15) is 0 Å².